The average molecular weight is 448 g/mol. The van der Waals surface area contributed by atoms with Gasteiger partial charge in [-0.3, -0.25) is 9.78 Å². The number of alkyl halides is 3. The van der Waals surface area contributed by atoms with E-state index in [1.165, 1.54) is 19.2 Å². The van der Waals surface area contributed by atoms with Gasteiger partial charge in [0.15, 0.2) is 9.84 Å². The van der Waals surface area contributed by atoms with E-state index in [0.717, 1.165) is 18.4 Å². The van der Waals surface area contributed by atoms with Crippen LogP contribution < -0.4 is 5.43 Å². The number of hydrogen-bond acceptors (Lipinski definition) is 6. The van der Waals surface area contributed by atoms with Crippen LogP contribution in [0.25, 0.3) is 22.2 Å². The monoisotopic (exact) mass is 448 g/mol. The Hall–Kier alpha value is -3.19. The van der Waals surface area contributed by atoms with Crippen molar-refractivity contribution in [2.75, 3.05) is 5.75 Å². The second-order valence-electron chi connectivity index (χ2n) is 7.36. The Kier molecular flexibility index (Phi) is 4.70. The van der Waals surface area contributed by atoms with Gasteiger partial charge < -0.3 is 4.42 Å². The molecule has 4 rings (SSSR count). The lowest BCUT2D eigenvalue weighted by Gasteiger charge is -2.13. The van der Waals surface area contributed by atoms with Crippen LogP contribution in [-0.2, 0) is 21.4 Å². The number of sulfone groups is 1. The van der Waals surface area contributed by atoms with Crippen LogP contribution in [0.3, 0.4) is 0 Å². The minimum Gasteiger partial charge on any atom is -0.463 e. The van der Waals surface area contributed by atoms with Gasteiger partial charge in [-0.25, -0.2) is 8.42 Å². The molecule has 2 aromatic heterocycles. The topological polar surface area (TPSA) is 101 Å². The van der Waals surface area contributed by atoms with Crippen molar-refractivity contribution in [1.29, 1.82) is 5.26 Å². The van der Waals surface area contributed by atoms with Crippen molar-refractivity contribution in [2.45, 2.75) is 36.3 Å². The second-order valence-corrected chi connectivity index (χ2v) is 9.60. The second kappa shape index (κ2) is 6.92. The molecule has 0 unspecified atom stereocenters. The number of aromatic nitrogens is 1. The van der Waals surface area contributed by atoms with E-state index < -0.39 is 32.4 Å². The van der Waals surface area contributed by atoms with Crippen LogP contribution in [-0.4, -0.2) is 19.2 Å². The molecule has 2 heterocycles. The predicted molar refractivity (Wildman–Crippen MR) is 105 cm³/mol. The summed E-state index contributed by atoms with van der Waals surface area (Å²) in [5.41, 5.74) is -2.80. The molecule has 1 fully saturated rings. The average Bonchev–Trinajstić information content (AvgIpc) is 3.54. The van der Waals surface area contributed by atoms with Crippen LogP contribution in [0.2, 0.25) is 0 Å². The highest BCUT2D eigenvalue weighted by atomic mass is 32.2. The van der Waals surface area contributed by atoms with Crippen LogP contribution >= 0.6 is 0 Å². The summed E-state index contributed by atoms with van der Waals surface area (Å²) in [6.45, 7) is 1.42. The molecule has 1 aliphatic carbocycles. The molecular weight excluding hydrogens is 433 g/mol. The fraction of sp³-hybridized carbons (Fsp3) is 0.286. The molecular formula is C21H15F3N2O4S. The van der Waals surface area contributed by atoms with Gasteiger partial charge in [0.1, 0.15) is 11.8 Å². The van der Waals surface area contributed by atoms with Gasteiger partial charge in [0.25, 0.3) is 0 Å². The number of hydrogen-bond donors (Lipinski definition) is 0. The lowest BCUT2D eigenvalue weighted by molar-refractivity contribution is -0.137. The van der Waals surface area contributed by atoms with E-state index in [1.807, 2.05) is 0 Å². The van der Waals surface area contributed by atoms with Gasteiger partial charge in [0.2, 0.25) is 5.43 Å². The molecule has 10 heteroatoms. The third-order valence-electron chi connectivity index (χ3n) is 5.44. The highest BCUT2D eigenvalue weighted by Gasteiger charge is 2.46. The molecule has 160 valence electrons. The number of fused-ring (bicyclic) bond motifs is 1. The lowest BCUT2D eigenvalue weighted by Crippen LogP contribution is -2.14. The number of benzene rings is 1. The predicted octanol–water partition coefficient (Wildman–Crippen LogP) is 4.22. The van der Waals surface area contributed by atoms with Crippen LogP contribution in [0.5, 0.6) is 0 Å². The van der Waals surface area contributed by atoms with Crippen LogP contribution in [0.4, 0.5) is 13.2 Å². The number of halogens is 3. The van der Waals surface area contributed by atoms with Crippen molar-refractivity contribution in [2.24, 2.45) is 0 Å². The van der Waals surface area contributed by atoms with Crippen LogP contribution in [0.1, 0.15) is 30.9 Å². The van der Waals surface area contributed by atoms with Gasteiger partial charge in [0, 0.05) is 6.20 Å². The number of pyridine rings is 1. The molecule has 1 aromatic carbocycles. The molecule has 0 aliphatic heterocycles. The van der Waals surface area contributed by atoms with E-state index in [1.54, 1.807) is 0 Å². The maximum absolute atomic E-state index is 13.1. The number of rotatable bonds is 4. The van der Waals surface area contributed by atoms with E-state index in [0.29, 0.717) is 24.5 Å². The summed E-state index contributed by atoms with van der Waals surface area (Å²) in [5.74, 6) is -0.290. The standard InChI is InChI=1S/C21H15F3N2O4S/c1-2-31(28,29)17-8-13(20(11-25)5-6-20)9-26-18(17)15-10-30-16-4-3-12(21(22,23)24)7-14(16)19(15)27/h3-4,7-10H,2,5-6H2,1H3. The SMILES string of the molecule is CCS(=O)(=O)c1cc(C2(C#N)CC2)cnc1-c1coc2ccc(C(F)(F)F)cc2c1=O. The first-order chi connectivity index (χ1) is 14.5. The van der Waals surface area contributed by atoms with Crippen LogP contribution in [0.15, 0.2) is 50.8 Å². The Bertz CT molecular complexity index is 1420. The summed E-state index contributed by atoms with van der Waals surface area (Å²) in [7, 11) is -3.87. The summed E-state index contributed by atoms with van der Waals surface area (Å²) in [5, 5.41) is 9.08. The lowest BCUT2D eigenvalue weighted by atomic mass is 9.99. The van der Waals surface area contributed by atoms with Gasteiger partial charge in [-0.2, -0.15) is 18.4 Å². The van der Waals surface area contributed by atoms with Crippen molar-refractivity contribution in [3.05, 3.63) is 58.1 Å². The minimum atomic E-state index is -4.66. The molecule has 0 saturated heterocycles. The van der Waals surface area contributed by atoms with E-state index in [4.69, 9.17) is 4.42 Å². The Morgan fingerprint density at radius 2 is 1.97 bits per heavy atom. The normalized spacial score (nSPS) is 15.6. The number of nitrogens with zero attached hydrogens (tertiary/aromatic N) is 2. The Morgan fingerprint density at radius 1 is 1.26 bits per heavy atom. The summed E-state index contributed by atoms with van der Waals surface area (Å²) in [4.78, 5) is 16.9. The van der Waals surface area contributed by atoms with Gasteiger partial charge >= 0.3 is 6.18 Å². The molecule has 0 radical (unpaired) electrons. The summed E-state index contributed by atoms with van der Waals surface area (Å²) in [6, 6.07) is 5.98. The summed E-state index contributed by atoms with van der Waals surface area (Å²) >= 11 is 0. The minimum absolute atomic E-state index is 0.0697. The fourth-order valence-electron chi connectivity index (χ4n) is 3.36. The molecule has 1 saturated carbocycles. The smallest absolute Gasteiger partial charge is 0.416 e. The first kappa shape index (κ1) is 21.1. The molecule has 0 N–H and O–H groups in total. The highest BCUT2D eigenvalue weighted by Crippen LogP contribution is 2.48. The van der Waals surface area contributed by atoms with Crippen molar-refractivity contribution >= 4 is 20.8 Å². The van der Waals surface area contributed by atoms with Crippen molar-refractivity contribution in [1.82, 2.24) is 4.98 Å². The zero-order chi connectivity index (χ0) is 22.6. The van der Waals surface area contributed by atoms with Crippen molar-refractivity contribution < 1.29 is 26.0 Å². The van der Waals surface area contributed by atoms with Gasteiger partial charge in [0.05, 0.1) is 44.3 Å². The summed E-state index contributed by atoms with van der Waals surface area (Å²) in [6.07, 6.45) is -1.21. The highest BCUT2D eigenvalue weighted by molar-refractivity contribution is 7.91. The van der Waals surface area contributed by atoms with E-state index in [2.05, 4.69) is 11.1 Å². The molecule has 31 heavy (non-hydrogen) atoms. The van der Waals surface area contributed by atoms with Gasteiger partial charge in [-0.05, 0) is 42.7 Å². The molecule has 0 atom stereocenters. The third kappa shape index (κ3) is 3.49. The third-order valence-corrected chi connectivity index (χ3v) is 7.18. The molecule has 6 nitrogen and oxygen atoms in total. The zero-order valence-corrected chi connectivity index (χ0v) is 17.0. The number of nitriles is 1. The molecule has 0 amide bonds. The van der Waals surface area contributed by atoms with Crippen molar-refractivity contribution in [3.63, 3.8) is 0 Å². The van der Waals surface area contributed by atoms with Crippen LogP contribution in [0, 0.1) is 11.3 Å². The first-order valence-electron chi connectivity index (χ1n) is 9.30. The van der Waals surface area contributed by atoms with Crippen molar-refractivity contribution in [3.8, 4) is 17.3 Å². The first-order valence-corrected chi connectivity index (χ1v) is 11.0. The van der Waals surface area contributed by atoms with E-state index in [-0.39, 0.29) is 32.9 Å². The molecule has 0 spiro atoms. The molecule has 0 bridgehead atoms. The Labute approximate surface area is 174 Å². The molecule has 1 aliphatic rings. The van der Waals surface area contributed by atoms with E-state index >= 15 is 0 Å². The zero-order valence-electron chi connectivity index (χ0n) is 16.2. The van der Waals surface area contributed by atoms with E-state index in [9.17, 15) is 31.6 Å². The Balaban J connectivity index is 1.98. The fourth-order valence-corrected chi connectivity index (χ4v) is 4.44. The largest absolute Gasteiger partial charge is 0.463 e. The maximum Gasteiger partial charge on any atom is 0.416 e. The summed E-state index contributed by atoms with van der Waals surface area (Å²) < 4.78 is 70.0. The Morgan fingerprint density at radius 3 is 2.55 bits per heavy atom. The molecule has 3 aromatic rings. The van der Waals surface area contributed by atoms with Gasteiger partial charge in [-0.15, -0.1) is 0 Å². The van der Waals surface area contributed by atoms with Gasteiger partial charge in [-0.1, -0.05) is 6.92 Å². The maximum atomic E-state index is 13.1. The quantitative estimate of drug-likeness (QED) is 0.592.